The molecule has 1 aromatic carbocycles. The molecule has 0 saturated heterocycles. The summed E-state index contributed by atoms with van der Waals surface area (Å²) < 4.78 is 6.76. The highest BCUT2D eigenvalue weighted by Gasteiger charge is 2.12. The van der Waals surface area contributed by atoms with Gasteiger partial charge in [-0.15, -0.1) is 0 Å². The highest BCUT2D eigenvalue weighted by atomic mass is 16.5. The van der Waals surface area contributed by atoms with E-state index in [1.807, 2.05) is 32.2 Å². The lowest BCUT2D eigenvalue weighted by atomic mass is 10.1. The zero-order valence-corrected chi connectivity index (χ0v) is 10.4. The van der Waals surface area contributed by atoms with Crippen LogP contribution < -0.4 is 10.5 Å². The standard InChI is InChI=1S/C13H15N3O2/c1-3-9-8-11(16(2)15-9)10-6-4-5-7-12(10)18-13(14)17/h4-8H,3H2,1-2H3,(H2,14,17). The summed E-state index contributed by atoms with van der Waals surface area (Å²) in [5.41, 5.74) is 7.73. The number of amides is 1. The van der Waals surface area contributed by atoms with Crippen LogP contribution in [0.4, 0.5) is 4.79 Å². The van der Waals surface area contributed by atoms with Crippen molar-refractivity contribution in [2.45, 2.75) is 13.3 Å². The molecule has 18 heavy (non-hydrogen) atoms. The molecule has 0 spiro atoms. The molecule has 1 heterocycles. The molecule has 0 radical (unpaired) electrons. The first-order chi connectivity index (χ1) is 8.61. The van der Waals surface area contributed by atoms with Gasteiger partial charge in [0.1, 0.15) is 5.75 Å². The molecule has 2 N–H and O–H groups in total. The maximum atomic E-state index is 10.9. The molecule has 0 unspecified atom stereocenters. The molecular formula is C13H15N3O2. The van der Waals surface area contributed by atoms with E-state index in [0.29, 0.717) is 5.75 Å². The maximum Gasteiger partial charge on any atom is 0.409 e. The molecule has 0 bridgehead atoms. The molecule has 1 amide bonds. The van der Waals surface area contributed by atoms with E-state index in [2.05, 4.69) is 5.10 Å². The summed E-state index contributed by atoms with van der Waals surface area (Å²) in [6.45, 7) is 2.04. The molecule has 94 valence electrons. The first-order valence-corrected chi connectivity index (χ1v) is 5.71. The van der Waals surface area contributed by atoms with Crippen molar-refractivity contribution >= 4 is 6.09 Å². The van der Waals surface area contributed by atoms with Crippen molar-refractivity contribution in [1.29, 1.82) is 0 Å². The second-order valence-electron chi connectivity index (χ2n) is 3.92. The average Bonchev–Trinajstić information content (AvgIpc) is 2.70. The lowest BCUT2D eigenvalue weighted by molar-refractivity contribution is 0.211. The topological polar surface area (TPSA) is 70.1 Å². The molecule has 0 fully saturated rings. The van der Waals surface area contributed by atoms with Crippen molar-refractivity contribution in [3.05, 3.63) is 36.0 Å². The van der Waals surface area contributed by atoms with Gasteiger partial charge in [-0.3, -0.25) is 4.68 Å². The zero-order chi connectivity index (χ0) is 13.1. The zero-order valence-electron chi connectivity index (χ0n) is 10.4. The number of nitrogens with two attached hydrogens (primary N) is 1. The van der Waals surface area contributed by atoms with Crippen LogP contribution in [-0.2, 0) is 13.5 Å². The predicted molar refractivity (Wildman–Crippen MR) is 68.2 cm³/mol. The number of benzene rings is 1. The first-order valence-electron chi connectivity index (χ1n) is 5.71. The molecule has 0 aliphatic rings. The summed E-state index contributed by atoms with van der Waals surface area (Å²) in [5.74, 6) is 0.440. The Hall–Kier alpha value is -2.30. The smallest absolute Gasteiger partial charge is 0.409 e. The van der Waals surface area contributed by atoms with Gasteiger partial charge in [-0.2, -0.15) is 5.10 Å². The summed E-state index contributed by atoms with van der Waals surface area (Å²) in [6, 6.07) is 9.22. The average molecular weight is 245 g/mol. The lowest BCUT2D eigenvalue weighted by Crippen LogP contribution is -2.16. The summed E-state index contributed by atoms with van der Waals surface area (Å²) in [5, 5.41) is 4.37. The molecule has 0 aliphatic heterocycles. The molecule has 2 rings (SSSR count). The third-order valence-electron chi connectivity index (χ3n) is 2.67. The normalized spacial score (nSPS) is 10.3. The number of primary amides is 1. The van der Waals surface area contributed by atoms with Gasteiger partial charge in [0.25, 0.3) is 0 Å². The van der Waals surface area contributed by atoms with Gasteiger partial charge in [0.2, 0.25) is 0 Å². The van der Waals surface area contributed by atoms with Crippen LogP contribution in [0.15, 0.2) is 30.3 Å². The number of nitrogens with zero attached hydrogens (tertiary/aromatic N) is 2. The van der Waals surface area contributed by atoms with E-state index < -0.39 is 6.09 Å². The van der Waals surface area contributed by atoms with E-state index in [4.69, 9.17) is 10.5 Å². The predicted octanol–water partition coefficient (Wildman–Crippen LogP) is 2.11. The minimum absolute atomic E-state index is 0.440. The minimum Gasteiger partial charge on any atom is -0.410 e. The summed E-state index contributed by atoms with van der Waals surface area (Å²) >= 11 is 0. The fraction of sp³-hybridized carbons (Fsp3) is 0.231. The molecule has 0 atom stereocenters. The molecule has 5 nitrogen and oxygen atoms in total. The number of carbonyl (C=O) groups is 1. The van der Waals surface area contributed by atoms with Crippen LogP contribution in [0.1, 0.15) is 12.6 Å². The van der Waals surface area contributed by atoms with Gasteiger partial charge in [-0.05, 0) is 24.6 Å². The van der Waals surface area contributed by atoms with Crippen LogP contribution in [-0.4, -0.2) is 15.9 Å². The van der Waals surface area contributed by atoms with Crippen LogP contribution in [0.25, 0.3) is 11.3 Å². The number of carbonyl (C=O) groups excluding carboxylic acids is 1. The third-order valence-corrected chi connectivity index (χ3v) is 2.67. The Morgan fingerprint density at radius 2 is 2.17 bits per heavy atom. The van der Waals surface area contributed by atoms with E-state index in [1.165, 1.54) is 0 Å². The van der Waals surface area contributed by atoms with Crippen molar-refractivity contribution < 1.29 is 9.53 Å². The van der Waals surface area contributed by atoms with Crippen LogP contribution in [0, 0.1) is 0 Å². The largest absolute Gasteiger partial charge is 0.410 e. The van der Waals surface area contributed by atoms with Gasteiger partial charge >= 0.3 is 6.09 Å². The number of rotatable bonds is 3. The Morgan fingerprint density at radius 3 is 2.78 bits per heavy atom. The van der Waals surface area contributed by atoms with E-state index in [9.17, 15) is 4.79 Å². The summed E-state index contributed by atoms with van der Waals surface area (Å²) in [7, 11) is 1.86. The van der Waals surface area contributed by atoms with Gasteiger partial charge < -0.3 is 10.5 Å². The van der Waals surface area contributed by atoms with Crippen LogP contribution in [0.2, 0.25) is 0 Å². The fourth-order valence-electron chi connectivity index (χ4n) is 1.83. The molecule has 0 saturated carbocycles. The van der Waals surface area contributed by atoms with Gasteiger partial charge in [0, 0.05) is 12.6 Å². The van der Waals surface area contributed by atoms with Crippen molar-refractivity contribution in [3.8, 4) is 17.0 Å². The SMILES string of the molecule is CCc1cc(-c2ccccc2OC(N)=O)n(C)n1. The highest BCUT2D eigenvalue weighted by Crippen LogP contribution is 2.30. The van der Waals surface area contributed by atoms with E-state index in [0.717, 1.165) is 23.4 Å². The van der Waals surface area contributed by atoms with E-state index >= 15 is 0 Å². The van der Waals surface area contributed by atoms with Crippen LogP contribution in [0.5, 0.6) is 5.75 Å². The van der Waals surface area contributed by atoms with Gasteiger partial charge in [0.15, 0.2) is 0 Å². The van der Waals surface area contributed by atoms with Crippen molar-refractivity contribution in [3.63, 3.8) is 0 Å². The minimum atomic E-state index is -0.819. The maximum absolute atomic E-state index is 10.9. The van der Waals surface area contributed by atoms with Gasteiger partial charge in [-0.25, -0.2) is 4.79 Å². The number of hydrogen-bond donors (Lipinski definition) is 1. The fourth-order valence-corrected chi connectivity index (χ4v) is 1.83. The van der Waals surface area contributed by atoms with Crippen LogP contribution in [0.3, 0.4) is 0 Å². The van der Waals surface area contributed by atoms with E-state index in [-0.39, 0.29) is 0 Å². The number of aryl methyl sites for hydroxylation is 2. The highest BCUT2D eigenvalue weighted by molar-refractivity contribution is 5.74. The third kappa shape index (κ3) is 2.34. The van der Waals surface area contributed by atoms with Crippen molar-refractivity contribution in [2.75, 3.05) is 0 Å². The number of aromatic nitrogens is 2. The summed E-state index contributed by atoms with van der Waals surface area (Å²) in [4.78, 5) is 10.9. The van der Waals surface area contributed by atoms with E-state index in [1.54, 1.807) is 16.8 Å². The van der Waals surface area contributed by atoms with Gasteiger partial charge in [0.05, 0.1) is 11.4 Å². The van der Waals surface area contributed by atoms with Crippen molar-refractivity contribution in [2.24, 2.45) is 12.8 Å². The van der Waals surface area contributed by atoms with Gasteiger partial charge in [-0.1, -0.05) is 19.1 Å². The monoisotopic (exact) mass is 245 g/mol. The molecule has 0 aliphatic carbocycles. The Balaban J connectivity index is 2.49. The van der Waals surface area contributed by atoms with Crippen molar-refractivity contribution in [1.82, 2.24) is 9.78 Å². The Morgan fingerprint density at radius 1 is 1.44 bits per heavy atom. The second kappa shape index (κ2) is 4.91. The molecule has 2 aromatic rings. The molecule has 1 aromatic heterocycles. The quantitative estimate of drug-likeness (QED) is 0.900. The molecular weight excluding hydrogens is 230 g/mol. The number of hydrogen-bond acceptors (Lipinski definition) is 3. The molecule has 5 heteroatoms. The number of para-hydroxylation sites is 1. The number of ether oxygens (including phenoxy) is 1. The Labute approximate surface area is 105 Å². The lowest BCUT2D eigenvalue weighted by Gasteiger charge is -2.08. The Kier molecular flexibility index (Phi) is 3.32. The Bertz CT molecular complexity index is 575. The second-order valence-corrected chi connectivity index (χ2v) is 3.92. The van der Waals surface area contributed by atoms with Crippen LogP contribution >= 0.6 is 0 Å². The first kappa shape index (κ1) is 12.2. The summed E-state index contributed by atoms with van der Waals surface area (Å²) in [6.07, 6.45) is 0.0347.